The van der Waals surface area contributed by atoms with Gasteiger partial charge in [-0.2, -0.15) is 0 Å². The summed E-state index contributed by atoms with van der Waals surface area (Å²) in [6, 6.07) is 11.9. The molecule has 6 rings (SSSR count). The summed E-state index contributed by atoms with van der Waals surface area (Å²) in [6.07, 6.45) is 3.67. The highest BCUT2D eigenvalue weighted by Crippen LogP contribution is 2.65. The number of ether oxygens (including phenoxy) is 1. The van der Waals surface area contributed by atoms with Gasteiger partial charge in [0.15, 0.2) is 17.3 Å². The molecular formula is C29H32N2O5. The van der Waals surface area contributed by atoms with Crippen LogP contribution in [0.25, 0.3) is 0 Å². The molecule has 2 aromatic rings. The van der Waals surface area contributed by atoms with Gasteiger partial charge in [0.25, 0.3) is 0 Å². The monoisotopic (exact) mass is 488 g/mol. The molecule has 7 heteroatoms. The smallest absolute Gasteiger partial charge is 0.231 e. The number of phenols is 1. The molecule has 2 aromatic carbocycles. The van der Waals surface area contributed by atoms with Crippen LogP contribution in [0.5, 0.6) is 11.5 Å². The molecule has 2 bridgehead atoms. The summed E-state index contributed by atoms with van der Waals surface area (Å²) in [7, 11) is 0. The summed E-state index contributed by atoms with van der Waals surface area (Å²) >= 11 is 0. The molecule has 6 atom stereocenters. The number of benzene rings is 2. The molecule has 188 valence electrons. The molecule has 1 saturated carbocycles. The molecule has 36 heavy (non-hydrogen) atoms. The number of ketones is 1. The van der Waals surface area contributed by atoms with E-state index in [9.17, 15) is 19.8 Å². The minimum atomic E-state index is -1.06. The molecule has 4 aliphatic rings. The first-order valence-corrected chi connectivity index (χ1v) is 12.8. The van der Waals surface area contributed by atoms with Crippen molar-refractivity contribution >= 4 is 11.7 Å². The average Bonchev–Trinajstić information content (AvgIpc) is 3.24. The predicted octanol–water partition coefficient (Wildman–Crippen LogP) is 2.74. The summed E-state index contributed by atoms with van der Waals surface area (Å²) in [4.78, 5) is 28.5. The van der Waals surface area contributed by atoms with Crippen molar-refractivity contribution < 1.29 is 24.5 Å². The SMILES string of the molecule is C=CCN1CC[C@]23c4c5ccc(O)c4OC2C(NC(=O)C(C)C(=O)c2ccccc2)CC[C@@]3(O)[C@H]1C5. The van der Waals surface area contributed by atoms with Crippen LogP contribution in [0, 0.1) is 5.92 Å². The lowest BCUT2D eigenvalue weighted by atomic mass is 9.48. The number of carbonyl (C=O) groups is 2. The van der Waals surface area contributed by atoms with Crippen LogP contribution >= 0.6 is 0 Å². The van der Waals surface area contributed by atoms with Crippen molar-refractivity contribution in [2.45, 2.75) is 61.8 Å². The summed E-state index contributed by atoms with van der Waals surface area (Å²) in [6.45, 7) is 6.98. The maximum absolute atomic E-state index is 13.3. The molecular weight excluding hydrogens is 456 g/mol. The molecule has 0 radical (unpaired) electrons. The quantitative estimate of drug-likeness (QED) is 0.329. The van der Waals surface area contributed by atoms with Gasteiger partial charge in [0.05, 0.1) is 23.0 Å². The number of Topliss-reactive ketones (excluding diaryl/α,β-unsaturated/α-hetero) is 1. The highest BCUT2D eigenvalue weighted by molar-refractivity contribution is 6.09. The third kappa shape index (κ3) is 2.99. The van der Waals surface area contributed by atoms with Crippen LogP contribution in [0.1, 0.15) is 47.7 Å². The Kier molecular flexibility index (Phi) is 5.28. The van der Waals surface area contributed by atoms with Gasteiger partial charge >= 0.3 is 0 Å². The Hall–Kier alpha value is -3.16. The third-order valence-corrected chi connectivity index (χ3v) is 9.11. The van der Waals surface area contributed by atoms with E-state index in [0.717, 1.165) is 17.7 Å². The van der Waals surface area contributed by atoms with Gasteiger partial charge in [0, 0.05) is 23.7 Å². The molecule has 1 saturated heterocycles. The summed E-state index contributed by atoms with van der Waals surface area (Å²) in [5.41, 5.74) is 0.683. The lowest BCUT2D eigenvalue weighted by Crippen LogP contribution is -2.78. The largest absolute Gasteiger partial charge is 0.504 e. The minimum Gasteiger partial charge on any atom is -0.504 e. The zero-order chi connectivity index (χ0) is 25.2. The van der Waals surface area contributed by atoms with Gasteiger partial charge in [0.2, 0.25) is 5.91 Å². The summed E-state index contributed by atoms with van der Waals surface area (Å²) in [5.74, 6) is -0.946. The van der Waals surface area contributed by atoms with E-state index >= 15 is 0 Å². The van der Waals surface area contributed by atoms with Crippen LogP contribution < -0.4 is 10.1 Å². The number of amides is 1. The van der Waals surface area contributed by atoms with Crippen molar-refractivity contribution in [3.8, 4) is 11.5 Å². The van der Waals surface area contributed by atoms with Gasteiger partial charge in [-0.1, -0.05) is 42.5 Å². The van der Waals surface area contributed by atoms with E-state index < -0.39 is 29.1 Å². The number of aromatic hydroxyl groups is 1. The Morgan fingerprint density at radius 2 is 2.03 bits per heavy atom. The number of hydrogen-bond donors (Lipinski definition) is 3. The van der Waals surface area contributed by atoms with Crippen LogP contribution in [0.2, 0.25) is 0 Å². The minimum absolute atomic E-state index is 0.0598. The number of likely N-dealkylation sites (tertiary alicyclic amines) is 1. The first-order chi connectivity index (χ1) is 17.3. The first kappa shape index (κ1) is 23.3. The lowest BCUT2D eigenvalue weighted by molar-refractivity contribution is -0.190. The van der Waals surface area contributed by atoms with E-state index in [4.69, 9.17) is 4.74 Å². The highest BCUT2D eigenvalue weighted by Gasteiger charge is 2.73. The molecule has 1 spiro atoms. The predicted molar refractivity (Wildman–Crippen MR) is 134 cm³/mol. The fourth-order valence-corrected chi connectivity index (χ4v) is 7.44. The van der Waals surface area contributed by atoms with Crippen LogP contribution in [-0.4, -0.2) is 63.7 Å². The molecule has 7 nitrogen and oxygen atoms in total. The van der Waals surface area contributed by atoms with Crippen molar-refractivity contribution in [2.24, 2.45) is 5.92 Å². The average molecular weight is 489 g/mol. The molecule has 2 aliphatic heterocycles. The lowest BCUT2D eigenvalue weighted by Gasteiger charge is -2.64. The zero-order valence-corrected chi connectivity index (χ0v) is 20.4. The molecule has 2 heterocycles. The fraction of sp³-hybridized carbons (Fsp3) is 0.448. The number of carbonyl (C=O) groups excluding carboxylic acids is 2. The van der Waals surface area contributed by atoms with Crippen molar-refractivity contribution in [3.63, 3.8) is 0 Å². The second-order valence-electron chi connectivity index (χ2n) is 10.7. The van der Waals surface area contributed by atoms with E-state index in [-0.39, 0.29) is 23.5 Å². The van der Waals surface area contributed by atoms with Gasteiger partial charge in [-0.05, 0) is 50.8 Å². The van der Waals surface area contributed by atoms with Crippen molar-refractivity contribution in [1.29, 1.82) is 0 Å². The number of phenolic OH excluding ortho intramolecular Hbond substituents is 1. The van der Waals surface area contributed by atoms with Crippen LogP contribution in [0.3, 0.4) is 0 Å². The Balaban J connectivity index is 1.35. The maximum atomic E-state index is 13.3. The number of nitrogens with zero attached hydrogens (tertiary/aromatic N) is 1. The van der Waals surface area contributed by atoms with E-state index in [1.807, 2.05) is 18.2 Å². The third-order valence-electron chi connectivity index (χ3n) is 9.11. The first-order valence-electron chi connectivity index (χ1n) is 12.8. The molecule has 2 fully saturated rings. The zero-order valence-electron chi connectivity index (χ0n) is 20.4. The Labute approximate surface area is 210 Å². The highest BCUT2D eigenvalue weighted by atomic mass is 16.5. The van der Waals surface area contributed by atoms with Crippen LogP contribution in [-0.2, 0) is 16.6 Å². The van der Waals surface area contributed by atoms with Crippen molar-refractivity contribution in [2.75, 3.05) is 13.1 Å². The Morgan fingerprint density at radius 1 is 1.25 bits per heavy atom. The topological polar surface area (TPSA) is 99.1 Å². The van der Waals surface area contributed by atoms with Gasteiger partial charge in [0.1, 0.15) is 6.10 Å². The number of piperidine rings is 1. The Bertz CT molecular complexity index is 1250. The van der Waals surface area contributed by atoms with Gasteiger partial charge in [-0.15, -0.1) is 6.58 Å². The van der Waals surface area contributed by atoms with E-state index in [1.165, 1.54) is 0 Å². The number of aliphatic hydroxyl groups is 1. The van der Waals surface area contributed by atoms with Crippen LogP contribution in [0.4, 0.5) is 0 Å². The van der Waals surface area contributed by atoms with Gasteiger partial charge in [-0.3, -0.25) is 14.5 Å². The molecule has 3 unspecified atom stereocenters. The number of hydrogen-bond acceptors (Lipinski definition) is 6. The standard InChI is InChI=1S/C29H32N2O5/c1-3-14-31-15-13-28-23-19-9-10-21(32)25(23)36-26(28)20(11-12-29(28,35)22(31)16-19)30-27(34)17(2)24(33)18-7-5-4-6-8-18/h3-10,17,20,22,26,32,35H,1,11-16H2,2H3,(H,30,34)/t17?,20?,22-,26?,28+,29-/m1/s1. The molecule has 2 aliphatic carbocycles. The van der Waals surface area contributed by atoms with E-state index in [0.29, 0.717) is 43.5 Å². The summed E-state index contributed by atoms with van der Waals surface area (Å²) < 4.78 is 6.46. The molecule has 3 N–H and O–H groups in total. The summed E-state index contributed by atoms with van der Waals surface area (Å²) in [5, 5.41) is 26.2. The molecule has 0 aromatic heterocycles. The van der Waals surface area contributed by atoms with Crippen molar-refractivity contribution in [1.82, 2.24) is 10.2 Å². The second kappa shape index (κ2) is 8.18. The van der Waals surface area contributed by atoms with E-state index in [1.54, 1.807) is 37.3 Å². The second-order valence-corrected chi connectivity index (χ2v) is 10.7. The van der Waals surface area contributed by atoms with Crippen molar-refractivity contribution in [3.05, 3.63) is 71.8 Å². The van der Waals surface area contributed by atoms with E-state index in [2.05, 4.69) is 16.8 Å². The fourth-order valence-electron chi connectivity index (χ4n) is 7.44. The number of nitrogens with one attached hydrogen (secondary N) is 1. The normalized spacial score (nSPS) is 32.7. The van der Waals surface area contributed by atoms with Gasteiger partial charge < -0.3 is 20.3 Å². The maximum Gasteiger partial charge on any atom is 0.231 e. The van der Waals surface area contributed by atoms with Crippen LogP contribution in [0.15, 0.2) is 55.1 Å². The Morgan fingerprint density at radius 3 is 2.78 bits per heavy atom. The molecule has 1 amide bonds. The van der Waals surface area contributed by atoms with Gasteiger partial charge in [-0.25, -0.2) is 0 Å². The number of rotatable bonds is 6.